The molecular formula is C7H7LiMnO5. The van der Waals surface area contributed by atoms with Gasteiger partial charge in [0.15, 0.2) is 17.2 Å². The second-order valence-electron chi connectivity index (χ2n) is 2.17. The van der Waals surface area contributed by atoms with Crippen molar-refractivity contribution >= 4 is 24.8 Å². The van der Waals surface area contributed by atoms with Crippen LogP contribution in [0.15, 0.2) is 12.1 Å². The molecule has 73 valence electrons. The van der Waals surface area contributed by atoms with Gasteiger partial charge < -0.3 is 20.4 Å². The third kappa shape index (κ3) is 3.16. The number of benzene rings is 1. The SMILES string of the molecule is O=C(O)c1cc(O)c(O)c(O)c1.[LiH].[Mn]. The molecule has 0 aliphatic rings. The third-order valence-corrected chi connectivity index (χ3v) is 1.32. The van der Waals surface area contributed by atoms with Gasteiger partial charge in [-0.1, -0.05) is 0 Å². The van der Waals surface area contributed by atoms with Gasteiger partial charge >= 0.3 is 24.8 Å². The molecule has 0 spiro atoms. The van der Waals surface area contributed by atoms with Crippen molar-refractivity contribution in [1.82, 2.24) is 0 Å². The molecule has 0 saturated heterocycles. The second-order valence-corrected chi connectivity index (χ2v) is 2.17. The molecule has 5 nitrogen and oxygen atoms in total. The van der Waals surface area contributed by atoms with Crippen molar-refractivity contribution in [3.05, 3.63) is 17.7 Å². The van der Waals surface area contributed by atoms with Gasteiger partial charge in [-0.05, 0) is 12.1 Å². The third-order valence-electron chi connectivity index (χ3n) is 1.32. The molecule has 0 atom stereocenters. The van der Waals surface area contributed by atoms with E-state index in [0.717, 1.165) is 12.1 Å². The van der Waals surface area contributed by atoms with Gasteiger partial charge in [0.2, 0.25) is 0 Å². The molecule has 0 aliphatic carbocycles. The van der Waals surface area contributed by atoms with Gasteiger partial charge in [-0.15, -0.1) is 0 Å². The van der Waals surface area contributed by atoms with Gasteiger partial charge in [0.1, 0.15) is 0 Å². The minimum Gasteiger partial charge on any atom is 0 e. The van der Waals surface area contributed by atoms with Crippen LogP contribution in [-0.2, 0) is 17.1 Å². The first-order valence-electron chi connectivity index (χ1n) is 3.00. The first kappa shape index (κ1) is 15.7. The number of phenolic OH excluding ortho intramolecular Hbond substituents is 3. The summed E-state index contributed by atoms with van der Waals surface area (Å²) in [6, 6.07) is 1.69. The summed E-state index contributed by atoms with van der Waals surface area (Å²) in [4.78, 5) is 10.3. The summed E-state index contributed by atoms with van der Waals surface area (Å²) in [5.74, 6) is -3.33. The van der Waals surface area contributed by atoms with Crippen molar-refractivity contribution < 1.29 is 42.3 Å². The molecule has 7 heteroatoms. The average Bonchev–Trinajstić information content (AvgIpc) is 1.99. The van der Waals surface area contributed by atoms with Gasteiger partial charge in [-0.25, -0.2) is 4.79 Å². The first-order valence-corrected chi connectivity index (χ1v) is 3.00. The average molecular weight is 233 g/mol. The Morgan fingerprint density at radius 3 is 1.71 bits per heavy atom. The number of hydrogen-bond donors (Lipinski definition) is 4. The normalized spacial score (nSPS) is 8.29. The number of carboxylic acid groups (broad SMARTS) is 1. The van der Waals surface area contributed by atoms with Gasteiger partial charge in [0.25, 0.3) is 0 Å². The summed E-state index contributed by atoms with van der Waals surface area (Å²) >= 11 is 0. The number of carbonyl (C=O) groups is 1. The van der Waals surface area contributed by atoms with Crippen molar-refractivity contribution in [1.29, 1.82) is 0 Å². The summed E-state index contributed by atoms with van der Waals surface area (Å²) in [5.41, 5.74) is -0.289. The Hall–Kier alpha value is -0.793. The van der Waals surface area contributed by atoms with Crippen LogP contribution >= 0.6 is 0 Å². The summed E-state index contributed by atoms with van der Waals surface area (Å²) in [5, 5.41) is 35.0. The van der Waals surface area contributed by atoms with E-state index in [1.165, 1.54) is 0 Å². The molecule has 14 heavy (non-hydrogen) atoms. The molecule has 1 aromatic rings. The molecule has 1 rings (SSSR count). The standard InChI is InChI=1S/C7H6O5.Li.Mn.H/c8-4-1-3(7(11)12)2-5(9)6(4)10;;;/h1-2,8-10H,(H,11,12);;;. The van der Waals surface area contributed by atoms with E-state index in [2.05, 4.69) is 0 Å². The maximum atomic E-state index is 10.3. The molecule has 0 fully saturated rings. The van der Waals surface area contributed by atoms with Crippen molar-refractivity contribution in [2.45, 2.75) is 0 Å². The maximum Gasteiger partial charge on any atom is 0 e. The minimum atomic E-state index is -1.29. The molecule has 0 heterocycles. The predicted molar refractivity (Wildman–Crippen MR) is 45.5 cm³/mol. The number of hydrogen-bond acceptors (Lipinski definition) is 4. The smallest absolute Gasteiger partial charge is 0 e. The zero-order valence-electron chi connectivity index (χ0n) is 6.23. The topological polar surface area (TPSA) is 98.0 Å². The Kier molecular flexibility index (Phi) is 6.53. The summed E-state index contributed by atoms with van der Waals surface area (Å²) in [6.45, 7) is 0. The number of carboxylic acids is 1. The van der Waals surface area contributed by atoms with E-state index in [4.69, 9.17) is 20.4 Å². The van der Waals surface area contributed by atoms with E-state index in [-0.39, 0.29) is 41.5 Å². The fraction of sp³-hybridized carbons (Fsp3) is 0. The Balaban J connectivity index is 0. The van der Waals surface area contributed by atoms with Crippen molar-refractivity contribution in [3.63, 3.8) is 0 Å². The van der Waals surface area contributed by atoms with E-state index in [1.54, 1.807) is 0 Å². The molecule has 1 aromatic carbocycles. The molecule has 0 aliphatic heterocycles. The fourth-order valence-corrected chi connectivity index (χ4v) is 0.728. The Labute approximate surface area is 102 Å². The number of phenols is 3. The zero-order valence-corrected chi connectivity index (χ0v) is 7.41. The van der Waals surface area contributed by atoms with E-state index in [0.29, 0.717) is 0 Å². The van der Waals surface area contributed by atoms with Crippen LogP contribution in [0, 0.1) is 0 Å². The molecule has 0 bridgehead atoms. The molecule has 0 unspecified atom stereocenters. The Morgan fingerprint density at radius 2 is 1.43 bits per heavy atom. The zero-order chi connectivity index (χ0) is 9.30. The monoisotopic (exact) mass is 233 g/mol. The fourth-order valence-electron chi connectivity index (χ4n) is 0.728. The summed E-state index contributed by atoms with van der Waals surface area (Å²) in [6.07, 6.45) is 0. The van der Waals surface area contributed by atoms with Crippen LogP contribution in [-0.4, -0.2) is 45.3 Å². The largest absolute Gasteiger partial charge is 0 e. The van der Waals surface area contributed by atoms with Crippen LogP contribution in [0.2, 0.25) is 0 Å². The molecule has 0 saturated carbocycles. The number of aromatic hydroxyl groups is 3. The van der Waals surface area contributed by atoms with Gasteiger partial charge in [0.05, 0.1) is 5.56 Å². The molecular weight excluding hydrogens is 226 g/mol. The van der Waals surface area contributed by atoms with Gasteiger partial charge in [-0.3, -0.25) is 0 Å². The molecule has 0 amide bonds. The first-order chi connectivity index (χ1) is 5.52. The van der Waals surface area contributed by atoms with Gasteiger partial charge in [-0.2, -0.15) is 0 Å². The van der Waals surface area contributed by atoms with Crippen LogP contribution in [0.5, 0.6) is 17.2 Å². The molecule has 0 aromatic heterocycles. The van der Waals surface area contributed by atoms with Crippen LogP contribution in [0.25, 0.3) is 0 Å². The Bertz CT molecular complexity index is 318. The maximum absolute atomic E-state index is 10.3. The molecule has 1 radical (unpaired) electrons. The van der Waals surface area contributed by atoms with Crippen LogP contribution < -0.4 is 0 Å². The van der Waals surface area contributed by atoms with Crippen molar-refractivity contribution in [2.75, 3.05) is 0 Å². The summed E-state index contributed by atoms with van der Waals surface area (Å²) < 4.78 is 0. The minimum absolute atomic E-state index is 0. The number of rotatable bonds is 1. The van der Waals surface area contributed by atoms with E-state index in [9.17, 15) is 4.79 Å². The second kappa shape index (κ2) is 5.84. The summed E-state index contributed by atoms with van der Waals surface area (Å²) in [7, 11) is 0. The molecule has 4 N–H and O–H groups in total. The van der Waals surface area contributed by atoms with Crippen molar-refractivity contribution in [3.8, 4) is 17.2 Å². The number of aromatic carboxylic acids is 1. The van der Waals surface area contributed by atoms with E-state index in [1.807, 2.05) is 0 Å². The predicted octanol–water partition coefficient (Wildman–Crippen LogP) is -0.149. The van der Waals surface area contributed by atoms with Gasteiger partial charge in [0, 0.05) is 17.1 Å². The van der Waals surface area contributed by atoms with E-state index >= 15 is 0 Å². The van der Waals surface area contributed by atoms with Crippen LogP contribution in [0.3, 0.4) is 0 Å². The van der Waals surface area contributed by atoms with Crippen LogP contribution in [0.4, 0.5) is 0 Å². The van der Waals surface area contributed by atoms with E-state index < -0.39 is 23.2 Å². The Morgan fingerprint density at radius 1 is 1.07 bits per heavy atom. The van der Waals surface area contributed by atoms with Crippen molar-refractivity contribution in [2.24, 2.45) is 0 Å². The van der Waals surface area contributed by atoms with Crippen LogP contribution in [0.1, 0.15) is 10.4 Å². The quantitative estimate of drug-likeness (QED) is 0.399.